The number of hydrogen-bond donors (Lipinski definition) is 1. The van der Waals surface area contributed by atoms with Crippen molar-refractivity contribution in [3.8, 4) is 5.69 Å². The van der Waals surface area contributed by atoms with Gasteiger partial charge in [0, 0.05) is 22.6 Å². The number of aryl methyl sites for hydroxylation is 2. The Hall–Kier alpha value is -4.20. The van der Waals surface area contributed by atoms with Gasteiger partial charge in [-0.15, -0.1) is 0 Å². The lowest BCUT2D eigenvalue weighted by molar-refractivity contribution is -0.130. The van der Waals surface area contributed by atoms with Crippen LogP contribution in [0.1, 0.15) is 51.0 Å². The molecule has 1 fully saturated rings. The number of aromatic nitrogens is 1. The second-order valence-electron chi connectivity index (χ2n) is 9.22. The van der Waals surface area contributed by atoms with Crippen molar-refractivity contribution in [3.63, 3.8) is 0 Å². The van der Waals surface area contributed by atoms with E-state index in [0.29, 0.717) is 29.7 Å². The van der Waals surface area contributed by atoms with Gasteiger partial charge in [-0.3, -0.25) is 14.5 Å². The normalized spacial score (nSPS) is 17.3. The molecule has 8 heteroatoms. The number of benzene rings is 2. The molecule has 1 N–H and O–H groups in total. The Morgan fingerprint density at radius 1 is 1.00 bits per heavy atom. The lowest BCUT2D eigenvalue weighted by Crippen LogP contribution is -2.44. The van der Waals surface area contributed by atoms with Gasteiger partial charge in [0.25, 0.3) is 5.91 Å². The molecule has 0 radical (unpaired) electrons. The first-order valence-electron chi connectivity index (χ1n) is 11.7. The molecule has 0 bridgehead atoms. The molecule has 2 aromatic carbocycles. The third-order valence-corrected chi connectivity index (χ3v) is 6.68. The zero-order valence-electron chi connectivity index (χ0n) is 20.8. The van der Waals surface area contributed by atoms with Crippen molar-refractivity contribution in [1.82, 2.24) is 14.8 Å². The average molecular weight is 488 g/mol. The van der Waals surface area contributed by atoms with E-state index in [0.717, 1.165) is 21.8 Å². The molecular formula is C28H29N3O5. The minimum absolute atomic E-state index is 0.323. The number of nitrogens with one attached hydrogen (secondary N) is 1. The monoisotopic (exact) mass is 487 g/mol. The number of Topliss-reactive ketones (excluding diaryl/α,β-unsaturated/α-hetero) is 1. The Morgan fingerprint density at radius 2 is 1.67 bits per heavy atom. The molecule has 1 atom stereocenters. The van der Waals surface area contributed by atoms with E-state index < -0.39 is 23.4 Å². The fraction of sp³-hybridized carbons (Fsp3) is 0.286. The summed E-state index contributed by atoms with van der Waals surface area (Å²) in [4.78, 5) is 51.8. The van der Waals surface area contributed by atoms with Gasteiger partial charge in [0.05, 0.1) is 19.2 Å². The van der Waals surface area contributed by atoms with Crippen LogP contribution in [0.5, 0.6) is 0 Å². The van der Waals surface area contributed by atoms with Crippen molar-refractivity contribution in [2.75, 3.05) is 13.7 Å². The summed E-state index contributed by atoms with van der Waals surface area (Å²) in [5.41, 5.74) is 3.14. The fourth-order valence-corrected chi connectivity index (χ4v) is 4.63. The Balaban J connectivity index is 1.50. The van der Waals surface area contributed by atoms with Crippen molar-refractivity contribution in [2.45, 2.75) is 39.2 Å². The van der Waals surface area contributed by atoms with E-state index in [1.165, 1.54) is 7.11 Å². The maximum absolute atomic E-state index is 13.2. The number of methoxy groups -OCH3 is 1. The maximum atomic E-state index is 13.2. The highest BCUT2D eigenvalue weighted by Crippen LogP contribution is 2.26. The molecule has 1 aromatic heterocycles. The van der Waals surface area contributed by atoms with Gasteiger partial charge < -0.3 is 14.6 Å². The van der Waals surface area contributed by atoms with Crippen molar-refractivity contribution < 1.29 is 23.9 Å². The number of imide groups is 1. The van der Waals surface area contributed by atoms with Crippen LogP contribution in [0.3, 0.4) is 0 Å². The first kappa shape index (κ1) is 24.9. The van der Waals surface area contributed by atoms with Crippen molar-refractivity contribution in [2.24, 2.45) is 0 Å². The van der Waals surface area contributed by atoms with Crippen LogP contribution in [0.15, 0.2) is 60.7 Å². The van der Waals surface area contributed by atoms with Crippen LogP contribution >= 0.6 is 0 Å². The van der Waals surface area contributed by atoms with Crippen LogP contribution < -0.4 is 5.32 Å². The molecule has 3 amide bonds. The highest BCUT2D eigenvalue weighted by molar-refractivity contribution is 6.11. The molecule has 0 unspecified atom stereocenters. The number of ketones is 1. The van der Waals surface area contributed by atoms with E-state index >= 15 is 0 Å². The van der Waals surface area contributed by atoms with E-state index in [1.54, 1.807) is 37.3 Å². The standard InChI is InChI=1S/C28H29N3O5/c1-18-16-23(19(2)31(18)22-12-10-21(11-13-22)25(33)36-4)24(32)17-30-26(34)28(3,29-27(30)35)15-14-20-8-6-5-7-9-20/h5-13,16H,14-15,17H2,1-4H3,(H,29,35)/t28-/m1/s1. The minimum Gasteiger partial charge on any atom is -0.465 e. The SMILES string of the molecule is COC(=O)c1ccc(-n2c(C)cc(C(=O)CN3C(=O)N[C@](C)(CCc4ccccc4)C3=O)c2C)cc1. The van der Waals surface area contributed by atoms with Gasteiger partial charge in [0.2, 0.25) is 0 Å². The van der Waals surface area contributed by atoms with Crippen LogP contribution in [0, 0.1) is 13.8 Å². The van der Waals surface area contributed by atoms with Gasteiger partial charge in [-0.1, -0.05) is 30.3 Å². The predicted octanol–water partition coefficient (Wildman–Crippen LogP) is 4.01. The average Bonchev–Trinajstić information content (AvgIpc) is 3.29. The second kappa shape index (κ2) is 9.81. The number of esters is 1. The molecule has 4 rings (SSSR count). The van der Waals surface area contributed by atoms with E-state index in [2.05, 4.69) is 5.32 Å². The molecule has 8 nitrogen and oxygen atoms in total. The zero-order chi connectivity index (χ0) is 26.0. The van der Waals surface area contributed by atoms with Crippen LogP contribution in [0.4, 0.5) is 4.79 Å². The molecule has 1 aliphatic rings. The molecule has 186 valence electrons. The summed E-state index contributed by atoms with van der Waals surface area (Å²) in [5, 5.41) is 2.78. The van der Waals surface area contributed by atoms with Gasteiger partial charge in [-0.25, -0.2) is 9.59 Å². The zero-order valence-corrected chi connectivity index (χ0v) is 20.8. The Kier molecular flexibility index (Phi) is 6.79. The number of carbonyl (C=O) groups excluding carboxylic acids is 4. The molecule has 1 saturated heterocycles. The van der Waals surface area contributed by atoms with Crippen LogP contribution in [0.2, 0.25) is 0 Å². The smallest absolute Gasteiger partial charge is 0.337 e. The van der Waals surface area contributed by atoms with Crippen molar-refractivity contribution >= 4 is 23.7 Å². The topological polar surface area (TPSA) is 97.7 Å². The summed E-state index contributed by atoms with van der Waals surface area (Å²) in [5.74, 6) is -1.15. The number of urea groups is 1. The fourth-order valence-electron chi connectivity index (χ4n) is 4.63. The highest BCUT2D eigenvalue weighted by atomic mass is 16.5. The van der Waals surface area contributed by atoms with Gasteiger partial charge in [-0.2, -0.15) is 0 Å². The van der Waals surface area contributed by atoms with Crippen LogP contribution in [-0.2, 0) is 16.0 Å². The van der Waals surface area contributed by atoms with Gasteiger partial charge in [0.15, 0.2) is 5.78 Å². The number of carbonyl (C=O) groups is 4. The Bertz CT molecular complexity index is 1330. The maximum Gasteiger partial charge on any atom is 0.337 e. The van der Waals surface area contributed by atoms with E-state index in [-0.39, 0.29) is 12.3 Å². The first-order valence-corrected chi connectivity index (χ1v) is 11.7. The van der Waals surface area contributed by atoms with Crippen molar-refractivity contribution in [1.29, 1.82) is 0 Å². The number of nitrogens with zero attached hydrogens (tertiary/aromatic N) is 2. The molecule has 36 heavy (non-hydrogen) atoms. The third-order valence-electron chi connectivity index (χ3n) is 6.68. The van der Waals surface area contributed by atoms with Crippen LogP contribution in [-0.4, -0.2) is 52.4 Å². The van der Waals surface area contributed by atoms with Gasteiger partial charge in [-0.05, 0) is 69.5 Å². The minimum atomic E-state index is -1.06. The van der Waals surface area contributed by atoms with Crippen LogP contribution in [0.25, 0.3) is 5.69 Å². The highest BCUT2D eigenvalue weighted by Gasteiger charge is 2.48. The quantitative estimate of drug-likeness (QED) is 0.294. The number of rotatable bonds is 8. The summed E-state index contributed by atoms with van der Waals surface area (Å²) in [6.07, 6.45) is 1.06. The van der Waals surface area contributed by atoms with Gasteiger partial charge in [0.1, 0.15) is 5.54 Å². The molecule has 0 saturated carbocycles. The summed E-state index contributed by atoms with van der Waals surface area (Å²) >= 11 is 0. The third kappa shape index (κ3) is 4.66. The molecule has 0 spiro atoms. The molecule has 3 aromatic rings. The molecule has 0 aliphatic carbocycles. The largest absolute Gasteiger partial charge is 0.465 e. The van der Waals surface area contributed by atoms with E-state index in [9.17, 15) is 19.2 Å². The van der Waals surface area contributed by atoms with Crippen molar-refractivity contribution in [3.05, 3.63) is 88.7 Å². The second-order valence-corrected chi connectivity index (χ2v) is 9.22. The lowest BCUT2D eigenvalue weighted by atomic mass is 9.93. The Labute approximate surface area is 209 Å². The lowest BCUT2D eigenvalue weighted by Gasteiger charge is -2.21. The Morgan fingerprint density at radius 3 is 2.31 bits per heavy atom. The van der Waals surface area contributed by atoms with E-state index in [1.807, 2.05) is 48.7 Å². The van der Waals surface area contributed by atoms with E-state index in [4.69, 9.17) is 4.74 Å². The number of hydrogen-bond acceptors (Lipinski definition) is 5. The summed E-state index contributed by atoms with van der Waals surface area (Å²) < 4.78 is 6.64. The number of ether oxygens (including phenoxy) is 1. The molecule has 2 heterocycles. The summed E-state index contributed by atoms with van der Waals surface area (Å²) in [6, 6.07) is 17.8. The molecule has 1 aliphatic heterocycles. The summed E-state index contributed by atoms with van der Waals surface area (Å²) in [6.45, 7) is 5.04. The summed E-state index contributed by atoms with van der Waals surface area (Å²) in [7, 11) is 1.33. The van der Waals surface area contributed by atoms with Gasteiger partial charge >= 0.3 is 12.0 Å². The predicted molar refractivity (Wildman–Crippen MR) is 134 cm³/mol. The number of amides is 3. The molecular weight excluding hydrogens is 458 g/mol. The first-order chi connectivity index (χ1) is 17.1.